The number of rotatable bonds is 3. The summed E-state index contributed by atoms with van der Waals surface area (Å²) in [6, 6.07) is 12.2. The fourth-order valence-electron chi connectivity index (χ4n) is 2.47. The predicted octanol–water partition coefficient (Wildman–Crippen LogP) is 4.11. The molecule has 0 fully saturated rings. The van der Waals surface area contributed by atoms with E-state index in [0.717, 1.165) is 3.57 Å². The molecule has 2 aromatic carbocycles. The molecule has 1 aliphatic rings. The molecule has 0 bridgehead atoms. The molecule has 1 heterocycles. The number of carbonyl (C=O) groups excluding carboxylic acids is 2. The van der Waals surface area contributed by atoms with E-state index in [9.17, 15) is 9.59 Å². The summed E-state index contributed by atoms with van der Waals surface area (Å²) >= 11 is 8.16. The van der Waals surface area contributed by atoms with Gasteiger partial charge in [-0.1, -0.05) is 17.7 Å². The van der Waals surface area contributed by atoms with Crippen LogP contribution >= 0.6 is 34.2 Å². The standard InChI is InChI=1S/C18H14ClIN2O4/c1-10(23)22-18(15-9-14(20)6-7-16(15)25-11(2)24)26-17(21-22)12-4-3-5-13(19)8-12/h3-9,18H,1-2H3. The summed E-state index contributed by atoms with van der Waals surface area (Å²) in [6.45, 7) is 2.70. The molecule has 1 atom stereocenters. The number of halogens is 2. The molecule has 3 rings (SSSR count). The van der Waals surface area contributed by atoms with Crippen LogP contribution in [0.5, 0.6) is 5.75 Å². The lowest BCUT2D eigenvalue weighted by Gasteiger charge is -2.21. The van der Waals surface area contributed by atoms with Gasteiger partial charge in [-0.15, -0.1) is 5.10 Å². The van der Waals surface area contributed by atoms with E-state index in [1.807, 2.05) is 0 Å². The summed E-state index contributed by atoms with van der Waals surface area (Å²) in [4.78, 5) is 23.5. The molecule has 0 saturated carbocycles. The van der Waals surface area contributed by atoms with Gasteiger partial charge in [0.2, 0.25) is 18.0 Å². The molecule has 0 saturated heterocycles. The van der Waals surface area contributed by atoms with Gasteiger partial charge >= 0.3 is 5.97 Å². The Morgan fingerprint density at radius 2 is 2.00 bits per heavy atom. The van der Waals surface area contributed by atoms with Gasteiger partial charge < -0.3 is 9.47 Å². The van der Waals surface area contributed by atoms with Gasteiger partial charge in [0.1, 0.15) is 5.75 Å². The number of esters is 1. The highest BCUT2D eigenvalue weighted by atomic mass is 127. The van der Waals surface area contributed by atoms with Gasteiger partial charge in [0.05, 0.1) is 5.56 Å². The van der Waals surface area contributed by atoms with Crippen molar-refractivity contribution >= 4 is 52.0 Å². The second-order valence-electron chi connectivity index (χ2n) is 5.53. The lowest BCUT2D eigenvalue weighted by Crippen LogP contribution is -2.26. The molecule has 1 amide bonds. The van der Waals surface area contributed by atoms with Crippen molar-refractivity contribution in [2.45, 2.75) is 20.1 Å². The Hall–Kier alpha value is -2.13. The lowest BCUT2D eigenvalue weighted by atomic mass is 10.1. The van der Waals surface area contributed by atoms with Crippen LogP contribution in [0.2, 0.25) is 5.02 Å². The van der Waals surface area contributed by atoms with Crippen LogP contribution in [0.25, 0.3) is 0 Å². The topological polar surface area (TPSA) is 68.2 Å². The molecule has 0 aliphatic carbocycles. The smallest absolute Gasteiger partial charge is 0.308 e. The highest BCUT2D eigenvalue weighted by Crippen LogP contribution is 2.36. The molecule has 6 nitrogen and oxygen atoms in total. The van der Waals surface area contributed by atoms with Gasteiger partial charge in [0.15, 0.2) is 0 Å². The van der Waals surface area contributed by atoms with E-state index in [0.29, 0.717) is 21.9 Å². The van der Waals surface area contributed by atoms with E-state index in [2.05, 4.69) is 27.7 Å². The number of hydrogen-bond donors (Lipinski definition) is 0. The molecule has 1 aliphatic heterocycles. The quantitative estimate of drug-likeness (QED) is 0.374. The third-order valence-electron chi connectivity index (χ3n) is 3.53. The normalized spacial score (nSPS) is 16.1. The van der Waals surface area contributed by atoms with Crippen molar-refractivity contribution in [3.8, 4) is 5.75 Å². The zero-order chi connectivity index (χ0) is 18.8. The Labute approximate surface area is 168 Å². The number of benzene rings is 2. The number of carbonyl (C=O) groups is 2. The lowest BCUT2D eigenvalue weighted by molar-refractivity contribution is -0.135. The maximum Gasteiger partial charge on any atom is 0.308 e. The zero-order valence-electron chi connectivity index (χ0n) is 13.9. The first-order valence-corrected chi connectivity index (χ1v) is 9.09. The van der Waals surface area contributed by atoms with Crippen molar-refractivity contribution in [1.29, 1.82) is 0 Å². The second kappa shape index (κ2) is 7.63. The monoisotopic (exact) mass is 484 g/mol. The van der Waals surface area contributed by atoms with Gasteiger partial charge in [-0.25, -0.2) is 0 Å². The predicted molar refractivity (Wildman–Crippen MR) is 105 cm³/mol. The fraction of sp³-hybridized carbons (Fsp3) is 0.167. The number of nitrogens with zero attached hydrogens (tertiary/aromatic N) is 2. The maximum atomic E-state index is 12.1. The van der Waals surface area contributed by atoms with Gasteiger partial charge in [-0.3, -0.25) is 9.59 Å². The van der Waals surface area contributed by atoms with Crippen molar-refractivity contribution in [2.75, 3.05) is 0 Å². The van der Waals surface area contributed by atoms with Crippen molar-refractivity contribution in [3.63, 3.8) is 0 Å². The van der Waals surface area contributed by atoms with Gasteiger partial charge in [0.25, 0.3) is 0 Å². The van der Waals surface area contributed by atoms with Gasteiger partial charge in [0, 0.05) is 28.0 Å². The SMILES string of the molecule is CC(=O)Oc1ccc(I)cc1C1OC(c2cccc(Cl)c2)=NN1C(C)=O. The maximum absolute atomic E-state index is 12.1. The third kappa shape index (κ3) is 3.99. The molecule has 134 valence electrons. The Morgan fingerprint density at radius 3 is 2.65 bits per heavy atom. The van der Waals surface area contributed by atoms with E-state index in [4.69, 9.17) is 21.1 Å². The fourth-order valence-corrected chi connectivity index (χ4v) is 3.17. The molecular formula is C18H14ClIN2O4. The average molecular weight is 485 g/mol. The number of ether oxygens (including phenoxy) is 2. The van der Waals surface area contributed by atoms with Crippen molar-refractivity contribution < 1.29 is 19.1 Å². The number of hydrogen-bond acceptors (Lipinski definition) is 5. The molecule has 0 spiro atoms. The van der Waals surface area contributed by atoms with Crippen LogP contribution in [0.4, 0.5) is 0 Å². The highest BCUT2D eigenvalue weighted by molar-refractivity contribution is 14.1. The summed E-state index contributed by atoms with van der Waals surface area (Å²) in [5.41, 5.74) is 1.17. The average Bonchev–Trinajstić information content (AvgIpc) is 3.01. The summed E-state index contributed by atoms with van der Waals surface area (Å²) < 4.78 is 12.1. The van der Waals surface area contributed by atoms with Crippen LogP contribution in [-0.4, -0.2) is 22.8 Å². The van der Waals surface area contributed by atoms with E-state index < -0.39 is 12.2 Å². The van der Waals surface area contributed by atoms with Crippen molar-refractivity contribution in [3.05, 3.63) is 62.2 Å². The Kier molecular flexibility index (Phi) is 5.47. The zero-order valence-corrected chi connectivity index (χ0v) is 16.8. The molecular weight excluding hydrogens is 471 g/mol. The minimum absolute atomic E-state index is 0.264. The molecule has 8 heteroatoms. The molecule has 2 aromatic rings. The van der Waals surface area contributed by atoms with Crippen LogP contribution < -0.4 is 4.74 Å². The Bertz CT molecular complexity index is 916. The van der Waals surface area contributed by atoms with Crippen LogP contribution in [0.3, 0.4) is 0 Å². The summed E-state index contributed by atoms with van der Waals surface area (Å²) in [5, 5.41) is 6.03. The second-order valence-corrected chi connectivity index (χ2v) is 7.21. The molecule has 26 heavy (non-hydrogen) atoms. The Balaban J connectivity index is 2.02. The first-order valence-electron chi connectivity index (χ1n) is 7.64. The molecule has 0 aromatic heterocycles. The first-order chi connectivity index (χ1) is 12.3. The van der Waals surface area contributed by atoms with Crippen molar-refractivity contribution in [1.82, 2.24) is 5.01 Å². The van der Waals surface area contributed by atoms with E-state index in [1.54, 1.807) is 42.5 Å². The van der Waals surface area contributed by atoms with Crippen LogP contribution in [0, 0.1) is 3.57 Å². The minimum Gasteiger partial charge on any atom is -0.446 e. The van der Waals surface area contributed by atoms with Gasteiger partial charge in [-0.2, -0.15) is 5.01 Å². The number of hydrazone groups is 1. The summed E-state index contributed by atoms with van der Waals surface area (Å²) in [6.07, 6.45) is -0.842. The molecule has 0 N–H and O–H groups in total. The van der Waals surface area contributed by atoms with Crippen LogP contribution in [0.15, 0.2) is 47.6 Å². The van der Waals surface area contributed by atoms with E-state index in [-0.39, 0.29) is 11.8 Å². The minimum atomic E-state index is -0.842. The third-order valence-corrected chi connectivity index (χ3v) is 4.44. The van der Waals surface area contributed by atoms with Crippen molar-refractivity contribution in [2.24, 2.45) is 5.10 Å². The highest BCUT2D eigenvalue weighted by Gasteiger charge is 2.35. The van der Waals surface area contributed by atoms with Gasteiger partial charge in [-0.05, 0) is 59.0 Å². The molecule has 0 radical (unpaired) electrons. The summed E-state index contributed by atoms with van der Waals surface area (Å²) in [5.74, 6) is -0.187. The van der Waals surface area contributed by atoms with Crippen LogP contribution in [-0.2, 0) is 14.3 Å². The largest absolute Gasteiger partial charge is 0.446 e. The number of amides is 1. The molecule has 1 unspecified atom stereocenters. The van der Waals surface area contributed by atoms with E-state index in [1.165, 1.54) is 18.9 Å². The summed E-state index contributed by atoms with van der Waals surface area (Å²) in [7, 11) is 0. The Morgan fingerprint density at radius 1 is 1.23 bits per heavy atom. The van der Waals surface area contributed by atoms with E-state index >= 15 is 0 Å². The van der Waals surface area contributed by atoms with Crippen LogP contribution in [0.1, 0.15) is 31.2 Å². The first kappa shape index (κ1) is 18.7.